The van der Waals surface area contributed by atoms with Gasteiger partial charge in [0.05, 0.1) is 13.7 Å². The van der Waals surface area contributed by atoms with E-state index in [2.05, 4.69) is 12.2 Å². The number of rotatable bonds is 7. The van der Waals surface area contributed by atoms with Gasteiger partial charge in [0.25, 0.3) is 5.91 Å². The molecule has 0 atom stereocenters. The first-order valence-electron chi connectivity index (χ1n) is 7.83. The minimum atomic E-state index is -0.140. The van der Waals surface area contributed by atoms with Crippen LogP contribution in [-0.2, 0) is 0 Å². The number of benzene rings is 2. The Morgan fingerprint density at radius 3 is 2.39 bits per heavy atom. The van der Waals surface area contributed by atoms with Crippen LogP contribution in [0, 0.1) is 6.92 Å². The molecule has 0 heterocycles. The molecule has 4 nitrogen and oxygen atoms in total. The van der Waals surface area contributed by atoms with Crippen molar-refractivity contribution in [2.75, 3.05) is 19.0 Å². The number of hydrogen-bond acceptors (Lipinski definition) is 3. The zero-order valence-electron chi connectivity index (χ0n) is 13.9. The first-order valence-corrected chi connectivity index (χ1v) is 7.83. The number of ether oxygens (including phenoxy) is 2. The largest absolute Gasteiger partial charge is 0.497 e. The molecule has 0 aromatic heterocycles. The Labute approximate surface area is 137 Å². The summed E-state index contributed by atoms with van der Waals surface area (Å²) in [5.41, 5.74) is 2.33. The number of hydrogen-bond donors (Lipinski definition) is 1. The maximum atomic E-state index is 12.3. The average Bonchev–Trinajstić information content (AvgIpc) is 2.57. The summed E-state index contributed by atoms with van der Waals surface area (Å²) in [6.45, 7) is 4.76. The van der Waals surface area contributed by atoms with Crippen LogP contribution in [0.1, 0.15) is 35.7 Å². The summed E-state index contributed by atoms with van der Waals surface area (Å²) < 4.78 is 10.8. The summed E-state index contributed by atoms with van der Waals surface area (Å²) in [5, 5.41) is 2.91. The number of methoxy groups -OCH3 is 1. The number of carbonyl (C=O) groups is 1. The summed E-state index contributed by atoms with van der Waals surface area (Å²) in [6, 6.07) is 12.8. The Kier molecular flexibility index (Phi) is 6.03. The third-order valence-corrected chi connectivity index (χ3v) is 3.56. The third-order valence-electron chi connectivity index (χ3n) is 3.56. The van der Waals surface area contributed by atoms with Gasteiger partial charge in [-0.15, -0.1) is 0 Å². The zero-order valence-corrected chi connectivity index (χ0v) is 13.9. The van der Waals surface area contributed by atoms with Crippen LogP contribution in [0.4, 0.5) is 5.69 Å². The fraction of sp³-hybridized carbons (Fsp3) is 0.316. The van der Waals surface area contributed by atoms with Crippen molar-refractivity contribution in [1.29, 1.82) is 0 Å². The van der Waals surface area contributed by atoms with E-state index in [1.54, 1.807) is 19.2 Å². The Hall–Kier alpha value is -2.49. The van der Waals surface area contributed by atoms with Gasteiger partial charge in [0.1, 0.15) is 11.5 Å². The topological polar surface area (TPSA) is 47.6 Å². The zero-order chi connectivity index (χ0) is 16.7. The minimum Gasteiger partial charge on any atom is -0.497 e. The van der Waals surface area contributed by atoms with Crippen molar-refractivity contribution >= 4 is 11.6 Å². The maximum absolute atomic E-state index is 12.3. The molecule has 2 aromatic carbocycles. The van der Waals surface area contributed by atoms with E-state index in [0.29, 0.717) is 12.2 Å². The Balaban J connectivity index is 2.00. The summed E-state index contributed by atoms with van der Waals surface area (Å²) in [7, 11) is 1.62. The predicted octanol–water partition coefficient (Wildman–Crippen LogP) is 4.43. The highest BCUT2D eigenvalue weighted by molar-refractivity contribution is 6.04. The number of anilines is 1. The molecule has 1 amide bonds. The van der Waals surface area contributed by atoms with Gasteiger partial charge in [-0.1, -0.05) is 13.3 Å². The monoisotopic (exact) mass is 313 g/mol. The summed E-state index contributed by atoms with van der Waals surface area (Å²) in [5.74, 6) is 1.42. The third kappa shape index (κ3) is 4.74. The number of amides is 1. The van der Waals surface area contributed by atoms with E-state index in [9.17, 15) is 4.79 Å². The maximum Gasteiger partial charge on any atom is 0.255 e. The highest BCUT2D eigenvalue weighted by Crippen LogP contribution is 2.22. The van der Waals surface area contributed by atoms with Gasteiger partial charge in [-0.05, 0) is 61.4 Å². The van der Waals surface area contributed by atoms with Crippen LogP contribution < -0.4 is 14.8 Å². The van der Waals surface area contributed by atoms with Crippen molar-refractivity contribution < 1.29 is 14.3 Å². The van der Waals surface area contributed by atoms with Crippen LogP contribution in [0.25, 0.3) is 0 Å². The van der Waals surface area contributed by atoms with E-state index in [0.717, 1.165) is 35.6 Å². The first kappa shape index (κ1) is 16.9. The van der Waals surface area contributed by atoms with E-state index < -0.39 is 0 Å². The number of nitrogens with one attached hydrogen (secondary N) is 1. The van der Waals surface area contributed by atoms with Gasteiger partial charge in [0, 0.05) is 11.3 Å². The van der Waals surface area contributed by atoms with Crippen molar-refractivity contribution in [2.24, 2.45) is 0 Å². The average molecular weight is 313 g/mol. The number of unbranched alkanes of at least 4 members (excludes halogenated alkanes) is 1. The second-order valence-corrected chi connectivity index (χ2v) is 5.36. The van der Waals surface area contributed by atoms with Crippen LogP contribution in [-0.4, -0.2) is 19.6 Å². The minimum absolute atomic E-state index is 0.140. The van der Waals surface area contributed by atoms with Crippen molar-refractivity contribution in [3.8, 4) is 11.5 Å². The van der Waals surface area contributed by atoms with Crippen LogP contribution in [0.5, 0.6) is 11.5 Å². The lowest BCUT2D eigenvalue weighted by Crippen LogP contribution is -2.12. The molecule has 0 aliphatic heterocycles. The second-order valence-electron chi connectivity index (χ2n) is 5.36. The molecule has 0 radical (unpaired) electrons. The predicted molar refractivity (Wildman–Crippen MR) is 92.5 cm³/mol. The van der Waals surface area contributed by atoms with E-state index in [4.69, 9.17) is 9.47 Å². The first-order chi connectivity index (χ1) is 11.1. The van der Waals surface area contributed by atoms with Crippen LogP contribution in [0.3, 0.4) is 0 Å². The molecule has 4 heteroatoms. The number of aryl methyl sites for hydroxylation is 1. The van der Waals surface area contributed by atoms with Crippen LogP contribution in [0.2, 0.25) is 0 Å². The molecular formula is C19H23NO3. The Bertz CT molecular complexity index is 650. The molecule has 2 rings (SSSR count). The molecule has 0 bridgehead atoms. The van der Waals surface area contributed by atoms with Crippen LogP contribution in [0.15, 0.2) is 42.5 Å². The summed E-state index contributed by atoms with van der Waals surface area (Å²) in [4.78, 5) is 12.3. The Morgan fingerprint density at radius 2 is 1.78 bits per heavy atom. The molecule has 2 aromatic rings. The molecule has 0 aliphatic rings. The van der Waals surface area contributed by atoms with Gasteiger partial charge in [0.15, 0.2) is 0 Å². The van der Waals surface area contributed by atoms with Crippen LogP contribution >= 0.6 is 0 Å². The van der Waals surface area contributed by atoms with Gasteiger partial charge in [-0.25, -0.2) is 0 Å². The quantitative estimate of drug-likeness (QED) is 0.769. The Morgan fingerprint density at radius 1 is 1.09 bits per heavy atom. The highest BCUT2D eigenvalue weighted by Gasteiger charge is 2.08. The summed E-state index contributed by atoms with van der Waals surface area (Å²) in [6.07, 6.45) is 2.13. The van der Waals surface area contributed by atoms with Gasteiger partial charge in [-0.2, -0.15) is 0 Å². The molecule has 1 N–H and O–H groups in total. The van der Waals surface area contributed by atoms with Gasteiger partial charge >= 0.3 is 0 Å². The summed E-state index contributed by atoms with van der Waals surface area (Å²) >= 11 is 0. The molecule has 122 valence electrons. The molecule has 0 fully saturated rings. The van der Waals surface area contributed by atoms with Crippen molar-refractivity contribution in [1.82, 2.24) is 0 Å². The fourth-order valence-corrected chi connectivity index (χ4v) is 2.13. The van der Waals surface area contributed by atoms with Crippen molar-refractivity contribution in [3.63, 3.8) is 0 Å². The molecule has 0 aliphatic carbocycles. The fourth-order valence-electron chi connectivity index (χ4n) is 2.13. The molecular weight excluding hydrogens is 290 g/mol. The van der Waals surface area contributed by atoms with Gasteiger partial charge < -0.3 is 14.8 Å². The molecule has 0 spiro atoms. The van der Waals surface area contributed by atoms with E-state index in [1.807, 2.05) is 37.3 Å². The molecule has 23 heavy (non-hydrogen) atoms. The standard InChI is InChI=1S/C19H23NO3/c1-4-5-12-23-16-8-6-15(7-9-16)19(21)20-18-11-10-17(22-3)13-14(18)2/h6-11,13H,4-5,12H2,1-3H3,(H,20,21). The van der Waals surface area contributed by atoms with Crippen molar-refractivity contribution in [3.05, 3.63) is 53.6 Å². The smallest absolute Gasteiger partial charge is 0.255 e. The highest BCUT2D eigenvalue weighted by atomic mass is 16.5. The van der Waals surface area contributed by atoms with Gasteiger partial charge in [0.2, 0.25) is 0 Å². The lowest BCUT2D eigenvalue weighted by molar-refractivity contribution is 0.102. The lowest BCUT2D eigenvalue weighted by Gasteiger charge is -2.10. The van der Waals surface area contributed by atoms with E-state index >= 15 is 0 Å². The molecule has 0 unspecified atom stereocenters. The SMILES string of the molecule is CCCCOc1ccc(C(=O)Nc2ccc(OC)cc2C)cc1. The number of carbonyl (C=O) groups excluding carboxylic acids is 1. The molecule has 0 saturated carbocycles. The second kappa shape index (κ2) is 8.22. The lowest BCUT2D eigenvalue weighted by atomic mass is 10.1. The molecule has 0 saturated heterocycles. The van der Waals surface area contributed by atoms with E-state index in [-0.39, 0.29) is 5.91 Å². The van der Waals surface area contributed by atoms with E-state index in [1.165, 1.54) is 0 Å². The van der Waals surface area contributed by atoms with Gasteiger partial charge in [-0.3, -0.25) is 4.79 Å². The van der Waals surface area contributed by atoms with Crippen molar-refractivity contribution in [2.45, 2.75) is 26.7 Å². The normalized spacial score (nSPS) is 10.2.